The Hall–Kier alpha value is -4.23. The van der Waals surface area contributed by atoms with Gasteiger partial charge in [0.25, 0.3) is 5.91 Å². The predicted molar refractivity (Wildman–Crippen MR) is 150 cm³/mol. The third-order valence-corrected chi connectivity index (χ3v) is 6.36. The van der Waals surface area contributed by atoms with Gasteiger partial charge in [-0.2, -0.15) is 0 Å². The van der Waals surface area contributed by atoms with E-state index in [0.29, 0.717) is 12.1 Å². The maximum Gasteiger partial charge on any atom is 0.255 e. The van der Waals surface area contributed by atoms with Crippen molar-refractivity contribution in [1.82, 2.24) is 19.8 Å². The van der Waals surface area contributed by atoms with Gasteiger partial charge in [-0.1, -0.05) is 99.6 Å². The zero-order valence-corrected chi connectivity index (χ0v) is 22.2. The number of nitrogens with one attached hydrogen (secondary N) is 1. The molecule has 0 saturated heterocycles. The Morgan fingerprint density at radius 3 is 2.08 bits per heavy atom. The summed E-state index contributed by atoms with van der Waals surface area (Å²) in [7, 11) is 0. The van der Waals surface area contributed by atoms with E-state index in [1.165, 1.54) is 0 Å². The Bertz CT molecular complexity index is 1350. The molecule has 1 atom stereocenters. The minimum absolute atomic E-state index is 0.00453. The van der Waals surface area contributed by atoms with Gasteiger partial charge in [-0.15, -0.1) is 0 Å². The lowest BCUT2D eigenvalue weighted by Gasteiger charge is -2.40. The van der Waals surface area contributed by atoms with E-state index < -0.39 is 11.5 Å². The number of imidazole rings is 1. The van der Waals surface area contributed by atoms with Crippen molar-refractivity contribution in [3.05, 3.63) is 114 Å². The van der Waals surface area contributed by atoms with Crippen molar-refractivity contribution >= 4 is 11.8 Å². The van der Waals surface area contributed by atoms with Crippen LogP contribution in [0.3, 0.4) is 0 Å². The van der Waals surface area contributed by atoms with Crippen molar-refractivity contribution in [2.45, 2.75) is 33.4 Å². The van der Waals surface area contributed by atoms with Crippen molar-refractivity contribution in [2.75, 3.05) is 13.2 Å². The minimum Gasteiger partial charge on any atom is -0.337 e. The fourth-order valence-electron chi connectivity index (χ4n) is 4.57. The van der Waals surface area contributed by atoms with Gasteiger partial charge >= 0.3 is 0 Å². The van der Waals surface area contributed by atoms with Crippen LogP contribution in [-0.4, -0.2) is 39.5 Å². The van der Waals surface area contributed by atoms with Gasteiger partial charge < -0.3 is 20.5 Å². The molecule has 0 aliphatic rings. The topological polar surface area (TPSA) is 93.2 Å². The summed E-state index contributed by atoms with van der Waals surface area (Å²) >= 11 is 0. The normalized spacial score (nSPS) is 12.1. The van der Waals surface area contributed by atoms with E-state index in [0.717, 1.165) is 22.6 Å². The molecule has 1 aromatic heterocycles. The van der Waals surface area contributed by atoms with Gasteiger partial charge in [0.15, 0.2) is 0 Å². The number of hydrogen-bond donors (Lipinski definition) is 2. The van der Waals surface area contributed by atoms with Gasteiger partial charge in [0.1, 0.15) is 5.82 Å². The highest BCUT2D eigenvalue weighted by Gasteiger charge is 2.39. The summed E-state index contributed by atoms with van der Waals surface area (Å²) < 4.78 is 2.11. The maximum absolute atomic E-state index is 14.0. The predicted octanol–water partition coefficient (Wildman–Crippen LogP) is 4.86. The van der Waals surface area contributed by atoms with Gasteiger partial charge in [-0.05, 0) is 23.1 Å². The van der Waals surface area contributed by atoms with E-state index in [2.05, 4.69) is 42.8 Å². The smallest absolute Gasteiger partial charge is 0.255 e. The maximum atomic E-state index is 14.0. The first-order chi connectivity index (χ1) is 18.3. The minimum atomic E-state index is -0.463. The summed E-state index contributed by atoms with van der Waals surface area (Å²) in [6, 6.07) is 28.8. The van der Waals surface area contributed by atoms with Crippen LogP contribution in [0.4, 0.5) is 0 Å². The fraction of sp³-hybridized carbons (Fsp3) is 0.258. The number of carbonyl (C=O) groups is 2. The molecule has 3 aromatic carbocycles. The van der Waals surface area contributed by atoms with Crippen LogP contribution < -0.4 is 11.1 Å². The second-order valence-corrected chi connectivity index (χ2v) is 10.3. The first-order valence-electron chi connectivity index (χ1n) is 12.8. The lowest BCUT2D eigenvalue weighted by molar-refractivity contribution is -0.120. The van der Waals surface area contributed by atoms with E-state index >= 15 is 0 Å². The number of nitrogens with zero attached hydrogens (tertiary/aromatic N) is 3. The summed E-state index contributed by atoms with van der Waals surface area (Å²) in [4.78, 5) is 33.0. The molecule has 196 valence electrons. The Labute approximate surface area is 224 Å². The molecule has 0 fully saturated rings. The molecule has 0 aliphatic heterocycles. The highest BCUT2D eigenvalue weighted by atomic mass is 16.2. The molecule has 7 heteroatoms. The second-order valence-electron chi connectivity index (χ2n) is 10.3. The number of aromatic nitrogens is 2. The molecule has 7 nitrogen and oxygen atoms in total. The number of carbonyl (C=O) groups excluding carboxylic acids is 2. The van der Waals surface area contributed by atoms with E-state index in [-0.39, 0.29) is 25.0 Å². The van der Waals surface area contributed by atoms with E-state index in [4.69, 9.17) is 10.7 Å². The third-order valence-electron chi connectivity index (χ3n) is 6.36. The van der Waals surface area contributed by atoms with Crippen LogP contribution in [0.25, 0.3) is 11.3 Å². The molecular formula is C31H35N5O2. The lowest BCUT2D eigenvalue weighted by Crippen LogP contribution is -2.49. The van der Waals surface area contributed by atoms with Crippen molar-refractivity contribution in [3.8, 4) is 11.3 Å². The molecule has 1 heterocycles. The number of amides is 2. The molecule has 0 bridgehead atoms. The van der Waals surface area contributed by atoms with Crippen molar-refractivity contribution in [1.29, 1.82) is 0 Å². The number of hydrogen-bond acceptors (Lipinski definition) is 4. The van der Waals surface area contributed by atoms with Gasteiger partial charge in [0.2, 0.25) is 5.91 Å². The summed E-state index contributed by atoms with van der Waals surface area (Å²) in [6.07, 6.45) is 2.04. The van der Waals surface area contributed by atoms with Crippen LogP contribution in [0.2, 0.25) is 0 Å². The number of rotatable bonds is 9. The first kappa shape index (κ1) is 26.8. The average Bonchev–Trinajstić information content (AvgIpc) is 3.33. The van der Waals surface area contributed by atoms with Crippen LogP contribution in [0.5, 0.6) is 0 Å². The lowest BCUT2D eigenvalue weighted by atomic mass is 9.84. The number of nitrogens with two attached hydrogens (primary N) is 1. The van der Waals surface area contributed by atoms with E-state index in [1.807, 2.05) is 72.9 Å². The molecule has 2 amide bonds. The Balaban J connectivity index is 1.86. The highest BCUT2D eigenvalue weighted by Crippen LogP contribution is 2.39. The molecule has 4 aromatic rings. The molecular weight excluding hydrogens is 474 g/mol. The molecule has 0 radical (unpaired) electrons. The Morgan fingerprint density at radius 1 is 0.921 bits per heavy atom. The van der Waals surface area contributed by atoms with Crippen LogP contribution in [0.15, 0.2) is 97.2 Å². The van der Waals surface area contributed by atoms with Gasteiger partial charge in [0.05, 0.1) is 24.9 Å². The first-order valence-corrected chi connectivity index (χ1v) is 12.8. The monoisotopic (exact) mass is 509 g/mol. The molecule has 3 N–H and O–H groups in total. The fourth-order valence-corrected chi connectivity index (χ4v) is 4.57. The molecule has 0 aliphatic carbocycles. The third kappa shape index (κ3) is 6.36. The standard InChI is InChI=1S/C31H35N5O2/c1-31(2,3)28(36(22-33-27(37)19-32)30(38)25-17-11-6-12-18-25)29-34-26(24-15-9-5-10-16-24)21-35(29)20-23-13-7-4-8-14-23/h4-18,21,28H,19-20,22,32H2,1-3H3,(H,33,37)/t28-/m0/s1. The molecule has 0 unspecified atom stereocenters. The van der Waals surface area contributed by atoms with Gasteiger partial charge in [-0.3, -0.25) is 9.59 Å². The zero-order valence-electron chi connectivity index (χ0n) is 22.2. The quantitative estimate of drug-likeness (QED) is 0.315. The van der Waals surface area contributed by atoms with Crippen molar-refractivity contribution in [2.24, 2.45) is 11.1 Å². The van der Waals surface area contributed by atoms with Crippen LogP contribution in [-0.2, 0) is 11.3 Å². The SMILES string of the molecule is CC(C)(C)[C@H](c1nc(-c2ccccc2)cn1Cc1ccccc1)N(CNC(=O)CN)C(=O)c1ccccc1. The highest BCUT2D eigenvalue weighted by molar-refractivity contribution is 5.94. The Morgan fingerprint density at radius 2 is 1.50 bits per heavy atom. The molecule has 0 spiro atoms. The van der Waals surface area contributed by atoms with E-state index in [9.17, 15) is 9.59 Å². The number of benzene rings is 3. The molecule has 0 saturated carbocycles. The zero-order chi connectivity index (χ0) is 27.1. The summed E-state index contributed by atoms with van der Waals surface area (Å²) in [5.74, 6) is 0.214. The second kappa shape index (κ2) is 11.9. The van der Waals surface area contributed by atoms with Crippen LogP contribution in [0.1, 0.15) is 48.6 Å². The largest absolute Gasteiger partial charge is 0.337 e. The molecule has 4 rings (SSSR count). The van der Waals surface area contributed by atoms with Crippen molar-refractivity contribution < 1.29 is 9.59 Å². The summed E-state index contributed by atoms with van der Waals surface area (Å²) in [5, 5.41) is 2.82. The van der Waals surface area contributed by atoms with Gasteiger partial charge in [-0.25, -0.2) is 4.98 Å². The summed E-state index contributed by atoms with van der Waals surface area (Å²) in [6.45, 7) is 6.68. The van der Waals surface area contributed by atoms with Gasteiger partial charge in [0, 0.05) is 23.9 Å². The van der Waals surface area contributed by atoms with Crippen LogP contribution >= 0.6 is 0 Å². The Kier molecular flexibility index (Phi) is 8.38. The molecule has 38 heavy (non-hydrogen) atoms. The average molecular weight is 510 g/mol. The van der Waals surface area contributed by atoms with Crippen LogP contribution in [0, 0.1) is 5.41 Å². The van der Waals surface area contributed by atoms with E-state index in [1.54, 1.807) is 17.0 Å². The van der Waals surface area contributed by atoms with Crippen molar-refractivity contribution in [3.63, 3.8) is 0 Å². The summed E-state index contributed by atoms with van der Waals surface area (Å²) in [5.41, 5.74) is 8.61.